The van der Waals surface area contributed by atoms with E-state index >= 15 is 0 Å². The zero-order chi connectivity index (χ0) is 16.7. The highest BCUT2D eigenvalue weighted by Gasteiger charge is 2.13. The molecule has 0 saturated heterocycles. The Bertz CT molecular complexity index is 715. The van der Waals surface area contributed by atoms with E-state index in [9.17, 15) is 4.79 Å². The van der Waals surface area contributed by atoms with Gasteiger partial charge in [-0.15, -0.1) is 17.9 Å². The number of nitrogens with zero attached hydrogens (tertiary/aromatic N) is 2. The largest absolute Gasteiger partial charge is 0.334 e. The normalized spacial score (nSPS) is 10.1. The maximum absolute atomic E-state index is 12.4. The van der Waals surface area contributed by atoms with Crippen molar-refractivity contribution in [2.24, 2.45) is 0 Å². The number of hydrogen-bond donors (Lipinski definition) is 0. The van der Waals surface area contributed by atoms with Crippen molar-refractivity contribution in [2.75, 3.05) is 6.54 Å². The molecule has 0 aliphatic rings. The van der Waals surface area contributed by atoms with E-state index in [2.05, 4.69) is 12.6 Å². The Labute approximate surface area is 145 Å². The molecule has 0 aliphatic heterocycles. The molecule has 3 nitrogen and oxygen atoms in total. The minimum Gasteiger partial charge on any atom is -0.334 e. The van der Waals surface area contributed by atoms with Crippen LogP contribution in [0.25, 0.3) is 0 Å². The average Bonchev–Trinajstić information content (AvgIpc) is 2.97. The fourth-order valence-electron chi connectivity index (χ4n) is 2.19. The van der Waals surface area contributed by atoms with Crippen LogP contribution in [0.15, 0.2) is 49.1 Å². The molecule has 1 amide bonds. The van der Waals surface area contributed by atoms with E-state index in [1.165, 1.54) is 11.3 Å². The first-order valence-corrected chi connectivity index (χ1v) is 8.43. The Balaban J connectivity index is 1.94. The molecule has 0 saturated carbocycles. The average molecular weight is 345 g/mol. The lowest BCUT2D eigenvalue weighted by molar-refractivity contribution is -0.131. The number of carbonyl (C=O) groups is 1. The van der Waals surface area contributed by atoms with Gasteiger partial charge in [0.25, 0.3) is 0 Å². The summed E-state index contributed by atoms with van der Waals surface area (Å²) in [6.45, 7) is 4.79. The molecule has 1 heterocycles. The van der Waals surface area contributed by atoms with Crippen molar-refractivity contribution >= 4 is 28.8 Å². The summed E-state index contributed by atoms with van der Waals surface area (Å²) in [7, 11) is 0. The summed E-state index contributed by atoms with van der Waals surface area (Å²) >= 11 is 7.42. The maximum atomic E-state index is 12.4. The fraction of sp³-hybridized carbons (Fsp3) is 0.222. The maximum Gasteiger partial charge on any atom is 0.223 e. The van der Waals surface area contributed by atoms with Crippen LogP contribution >= 0.6 is 22.9 Å². The first-order valence-electron chi connectivity index (χ1n) is 7.24. The number of thiophene rings is 1. The molecule has 0 radical (unpaired) electrons. The summed E-state index contributed by atoms with van der Waals surface area (Å²) in [4.78, 5) is 15.3. The first-order chi connectivity index (χ1) is 11.1. The number of carbonyl (C=O) groups excluding carboxylic acids is 1. The van der Waals surface area contributed by atoms with Crippen LogP contribution in [0.2, 0.25) is 4.34 Å². The topological polar surface area (TPSA) is 44.1 Å². The lowest BCUT2D eigenvalue weighted by Gasteiger charge is -2.20. The highest BCUT2D eigenvalue weighted by Crippen LogP contribution is 2.23. The standard InChI is InChI=1S/C18H17ClN2OS/c1-2-11-21(13-16-8-9-17(19)23-16)18(22)10-7-14-3-5-15(12-20)6-4-14/h2-6,8-9H,1,7,10-11,13H2. The molecule has 23 heavy (non-hydrogen) atoms. The van der Waals surface area contributed by atoms with Crippen LogP contribution in [0.5, 0.6) is 0 Å². The van der Waals surface area contributed by atoms with Crippen molar-refractivity contribution in [1.29, 1.82) is 5.26 Å². The van der Waals surface area contributed by atoms with Gasteiger partial charge in [0.05, 0.1) is 22.5 Å². The third-order valence-electron chi connectivity index (χ3n) is 3.39. The number of aryl methyl sites for hydroxylation is 1. The Morgan fingerprint density at radius 2 is 2.04 bits per heavy atom. The van der Waals surface area contributed by atoms with Crippen LogP contribution in [-0.4, -0.2) is 17.4 Å². The lowest BCUT2D eigenvalue weighted by atomic mass is 10.1. The lowest BCUT2D eigenvalue weighted by Crippen LogP contribution is -2.30. The van der Waals surface area contributed by atoms with Crippen molar-refractivity contribution in [2.45, 2.75) is 19.4 Å². The van der Waals surface area contributed by atoms with Gasteiger partial charge in [0.15, 0.2) is 0 Å². The van der Waals surface area contributed by atoms with Crippen molar-refractivity contribution < 1.29 is 4.79 Å². The van der Waals surface area contributed by atoms with E-state index in [1.54, 1.807) is 23.1 Å². The van der Waals surface area contributed by atoms with Gasteiger partial charge in [-0.2, -0.15) is 5.26 Å². The number of rotatable bonds is 7. The number of halogens is 1. The Kier molecular flexibility index (Phi) is 6.40. The molecule has 5 heteroatoms. The molecule has 0 aliphatic carbocycles. The van der Waals surface area contributed by atoms with Gasteiger partial charge in [0.2, 0.25) is 5.91 Å². The number of amides is 1. The second-order valence-corrected chi connectivity index (χ2v) is 6.88. The van der Waals surface area contributed by atoms with E-state index in [1.807, 2.05) is 24.3 Å². The zero-order valence-corrected chi connectivity index (χ0v) is 14.2. The monoisotopic (exact) mass is 344 g/mol. The molecule has 0 N–H and O–H groups in total. The van der Waals surface area contributed by atoms with Crippen LogP contribution in [0.3, 0.4) is 0 Å². The predicted molar refractivity (Wildman–Crippen MR) is 94.4 cm³/mol. The first kappa shape index (κ1) is 17.3. The molecule has 2 aromatic rings. The van der Waals surface area contributed by atoms with E-state index in [0.717, 1.165) is 14.8 Å². The quantitative estimate of drug-likeness (QED) is 0.698. The minimum absolute atomic E-state index is 0.0822. The number of benzene rings is 1. The van der Waals surface area contributed by atoms with Gasteiger partial charge in [-0.05, 0) is 36.2 Å². The molecule has 0 spiro atoms. The van der Waals surface area contributed by atoms with Gasteiger partial charge in [0.1, 0.15) is 0 Å². The van der Waals surface area contributed by atoms with Crippen molar-refractivity contribution in [1.82, 2.24) is 4.90 Å². The Morgan fingerprint density at radius 3 is 2.61 bits per heavy atom. The van der Waals surface area contributed by atoms with Crippen molar-refractivity contribution in [3.63, 3.8) is 0 Å². The van der Waals surface area contributed by atoms with Gasteiger partial charge < -0.3 is 4.90 Å². The van der Waals surface area contributed by atoms with Crippen LogP contribution in [0.1, 0.15) is 22.4 Å². The predicted octanol–water partition coefficient (Wildman–Crippen LogP) is 4.42. The molecule has 118 valence electrons. The fourth-order valence-corrected chi connectivity index (χ4v) is 3.29. The van der Waals surface area contributed by atoms with Crippen LogP contribution < -0.4 is 0 Å². The highest BCUT2D eigenvalue weighted by atomic mass is 35.5. The summed E-state index contributed by atoms with van der Waals surface area (Å²) in [5, 5.41) is 8.79. The molecule has 0 unspecified atom stereocenters. The molecular formula is C18H17ClN2OS. The summed E-state index contributed by atoms with van der Waals surface area (Å²) in [6, 6.07) is 13.2. The van der Waals surface area contributed by atoms with Crippen LogP contribution in [0.4, 0.5) is 0 Å². The SMILES string of the molecule is C=CCN(Cc1ccc(Cl)s1)C(=O)CCc1ccc(C#N)cc1. The Hall–Kier alpha value is -2.09. The minimum atomic E-state index is 0.0822. The molecule has 2 rings (SSSR count). The second-order valence-electron chi connectivity index (χ2n) is 5.08. The van der Waals surface area contributed by atoms with Gasteiger partial charge in [-0.3, -0.25) is 4.79 Å². The van der Waals surface area contributed by atoms with E-state index < -0.39 is 0 Å². The number of hydrogen-bond acceptors (Lipinski definition) is 3. The van der Waals surface area contributed by atoms with Crippen molar-refractivity contribution in [3.05, 3.63) is 69.4 Å². The van der Waals surface area contributed by atoms with Crippen LogP contribution in [0, 0.1) is 11.3 Å². The molecule has 0 atom stereocenters. The summed E-state index contributed by atoms with van der Waals surface area (Å²) in [5.74, 6) is 0.0822. The van der Waals surface area contributed by atoms with Crippen molar-refractivity contribution in [3.8, 4) is 6.07 Å². The van der Waals surface area contributed by atoms with E-state index in [0.29, 0.717) is 31.5 Å². The van der Waals surface area contributed by atoms with E-state index in [4.69, 9.17) is 16.9 Å². The third-order valence-corrected chi connectivity index (χ3v) is 4.60. The Morgan fingerprint density at radius 1 is 1.30 bits per heavy atom. The number of nitriles is 1. The molecule has 0 bridgehead atoms. The highest BCUT2D eigenvalue weighted by molar-refractivity contribution is 7.16. The summed E-state index contributed by atoms with van der Waals surface area (Å²) in [5.41, 5.74) is 1.68. The second kappa shape index (κ2) is 8.52. The zero-order valence-electron chi connectivity index (χ0n) is 12.7. The third kappa shape index (κ3) is 5.24. The molecule has 1 aromatic heterocycles. The van der Waals surface area contributed by atoms with Gasteiger partial charge >= 0.3 is 0 Å². The summed E-state index contributed by atoms with van der Waals surface area (Å²) in [6.07, 6.45) is 2.82. The van der Waals surface area contributed by atoms with Crippen LogP contribution in [-0.2, 0) is 17.8 Å². The van der Waals surface area contributed by atoms with Gasteiger partial charge in [-0.25, -0.2) is 0 Å². The van der Waals surface area contributed by atoms with Gasteiger partial charge in [-0.1, -0.05) is 29.8 Å². The molecular weight excluding hydrogens is 328 g/mol. The molecule has 0 fully saturated rings. The molecule has 1 aromatic carbocycles. The summed E-state index contributed by atoms with van der Waals surface area (Å²) < 4.78 is 0.726. The van der Waals surface area contributed by atoms with Gasteiger partial charge in [0, 0.05) is 17.8 Å². The smallest absolute Gasteiger partial charge is 0.223 e. The van der Waals surface area contributed by atoms with E-state index in [-0.39, 0.29) is 5.91 Å².